The number of hydrogen-bond acceptors (Lipinski definition) is 3. The first-order chi connectivity index (χ1) is 8.77. The van der Waals surface area contributed by atoms with E-state index in [9.17, 15) is 5.11 Å². The van der Waals surface area contributed by atoms with Crippen molar-refractivity contribution in [1.82, 2.24) is 5.32 Å². The third-order valence-electron chi connectivity index (χ3n) is 2.60. The Morgan fingerprint density at radius 1 is 1.56 bits per heavy atom. The Morgan fingerprint density at radius 3 is 2.78 bits per heavy atom. The Morgan fingerprint density at radius 2 is 2.28 bits per heavy atom. The summed E-state index contributed by atoms with van der Waals surface area (Å²) in [5.41, 5.74) is 0. The molecular weight excluding hydrogens is 242 g/mol. The Hall–Kier alpha value is -0.510. The molecule has 3 heteroatoms. The van der Waals surface area contributed by atoms with Crippen LogP contribution >= 0.6 is 11.8 Å². The molecule has 0 radical (unpaired) electrons. The summed E-state index contributed by atoms with van der Waals surface area (Å²) in [4.78, 5) is 1.15. The molecule has 1 rings (SSSR count). The fourth-order valence-electron chi connectivity index (χ4n) is 1.77. The molecule has 0 aromatic carbocycles. The van der Waals surface area contributed by atoms with Crippen LogP contribution < -0.4 is 5.32 Å². The van der Waals surface area contributed by atoms with Crippen molar-refractivity contribution < 1.29 is 5.11 Å². The van der Waals surface area contributed by atoms with Crippen LogP contribution in [0.5, 0.6) is 0 Å². The molecule has 2 unspecified atom stereocenters. The number of nitrogens with one attached hydrogen (secondary N) is 1. The van der Waals surface area contributed by atoms with Gasteiger partial charge in [0.1, 0.15) is 0 Å². The zero-order valence-corrected chi connectivity index (χ0v) is 12.7. The van der Waals surface area contributed by atoms with E-state index < -0.39 is 0 Å². The number of allylic oxidation sites excluding steroid dienone is 4. The summed E-state index contributed by atoms with van der Waals surface area (Å²) in [6.45, 7) is 10.7. The van der Waals surface area contributed by atoms with Crippen LogP contribution in [0.2, 0.25) is 0 Å². The molecule has 1 saturated heterocycles. The minimum atomic E-state index is -0.258. The molecule has 0 aliphatic carbocycles. The van der Waals surface area contributed by atoms with Crippen LogP contribution in [0.4, 0.5) is 0 Å². The Labute approximate surface area is 116 Å². The van der Waals surface area contributed by atoms with Crippen LogP contribution in [0, 0.1) is 0 Å². The van der Waals surface area contributed by atoms with Crippen LogP contribution in [-0.4, -0.2) is 29.5 Å². The quantitative estimate of drug-likeness (QED) is 0.724. The molecule has 0 spiro atoms. The van der Waals surface area contributed by atoms with E-state index in [1.54, 1.807) is 17.8 Å². The van der Waals surface area contributed by atoms with Crippen molar-refractivity contribution in [2.45, 2.75) is 45.8 Å². The lowest BCUT2D eigenvalue weighted by atomic mass is 10.1. The number of thioether (sulfide) groups is 1. The maximum absolute atomic E-state index is 9.97. The van der Waals surface area contributed by atoms with Gasteiger partial charge in [0, 0.05) is 16.7 Å². The first kappa shape index (κ1) is 17.5. The van der Waals surface area contributed by atoms with Gasteiger partial charge >= 0.3 is 0 Å². The standard InChI is InChI=1S/C13H21NOS.C2H6/c1-3-6-11(7-4-2)16-10-13(15)12-8-5-9-14-12;1-2/h3-4,6-7,12-15H,1,5,8-10H2,2H3;1-2H3/b7-4-,11-6+;. The van der Waals surface area contributed by atoms with Gasteiger partial charge in [-0.2, -0.15) is 0 Å². The third-order valence-corrected chi connectivity index (χ3v) is 3.71. The van der Waals surface area contributed by atoms with Crippen LogP contribution in [0.15, 0.2) is 35.8 Å². The number of aliphatic hydroxyl groups is 1. The van der Waals surface area contributed by atoms with Gasteiger partial charge in [-0.15, -0.1) is 11.8 Å². The Bertz CT molecular complexity index is 268. The third kappa shape index (κ3) is 7.04. The highest BCUT2D eigenvalue weighted by molar-refractivity contribution is 8.03. The zero-order valence-electron chi connectivity index (χ0n) is 11.9. The molecular formula is C15H27NOS. The lowest BCUT2D eigenvalue weighted by molar-refractivity contribution is 0.159. The van der Waals surface area contributed by atoms with Crippen LogP contribution in [0.1, 0.15) is 33.6 Å². The van der Waals surface area contributed by atoms with Crippen molar-refractivity contribution in [3.05, 3.63) is 35.8 Å². The van der Waals surface area contributed by atoms with Gasteiger partial charge in [-0.3, -0.25) is 0 Å². The van der Waals surface area contributed by atoms with E-state index in [-0.39, 0.29) is 12.1 Å². The average molecular weight is 269 g/mol. The summed E-state index contributed by atoms with van der Waals surface area (Å²) < 4.78 is 0. The number of aliphatic hydroxyl groups excluding tert-OH is 1. The summed E-state index contributed by atoms with van der Waals surface area (Å²) in [7, 11) is 0. The summed E-state index contributed by atoms with van der Waals surface area (Å²) >= 11 is 1.68. The van der Waals surface area contributed by atoms with E-state index in [1.807, 2.05) is 39.0 Å². The fourth-order valence-corrected chi connectivity index (χ4v) is 2.79. The molecule has 0 aromatic rings. The number of rotatable bonds is 6. The van der Waals surface area contributed by atoms with Gasteiger partial charge in [0.2, 0.25) is 0 Å². The van der Waals surface area contributed by atoms with Crippen LogP contribution in [-0.2, 0) is 0 Å². The summed E-state index contributed by atoms with van der Waals surface area (Å²) in [5.74, 6) is 0.738. The average Bonchev–Trinajstić information content (AvgIpc) is 2.92. The molecule has 0 aromatic heterocycles. The number of hydrogen-bond donors (Lipinski definition) is 2. The van der Waals surface area contributed by atoms with Gasteiger partial charge in [0.05, 0.1) is 6.10 Å². The second kappa shape index (κ2) is 11.6. The van der Waals surface area contributed by atoms with Gasteiger partial charge < -0.3 is 10.4 Å². The molecule has 2 atom stereocenters. The Balaban J connectivity index is 0.00000137. The highest BCUT2D eigenvalue weighted by atomic mass is 32.2. The molecule has 0 amide bonds. The lowest BCUT2D eigenvalue weighted by Gasteiger charge is -2.17. The van der Waals surface area contributed by atoms with E-state index in [2.05, 4.69) is 11.9 Å². The SMILES string of the molecule is C=C/C=C(\C=C/C)SCC(O)C1CCCN1.CC. The van der Waals surface area contributed by atoms with Crippen molar-refractivity contribution in [2.24, 2.45) is 0 Å². The molecule has 0 saturated carbocycles. The first-order valence-electron chi connectivity index (χ1n) is 6.77. The molecule has 2 N–H and O–H groups in total. The normalized spacial score (nSPS) is 21.6. The Kier molecular flexibility index (Phi) is 11.2. The molecule has 0 bridgehead atoms. The molecule has 1 fully saturated rings. The smallest absolute Gasteiger partial charge is 0.0786 e. The van der Waals surface area contributed by atoms with Gasteiger partial charge in [0.15, 0.2) is 0 Å². The fraction of sp³-hybridized carbons (Fsp3) is 0.600. The van der Waals surface area contributed by atoms with E-state index in [1.165, 1.54) is 6.42 Å². The van der Waals surface area contributed by atoms with Gasteiger partial charge in [-0.1, -0.05) is 38.7 Å². The van der Waals surface area contributed by atoms with Gasteiger partial charge in [-0.05, 0) is 32.4 Å². The second-order valence-corrected chi connectivity index (χ2v) is 4.98. The monoisotopic (exact) mass is 269 g/mol. The topological polar surface area (TPSA) is 32.3 Å². The first-order valence-corrected chi connectivity index (χ1v) is 7.76. The predicted molar refractivity (Wildman–Crippen MR) is 83.9 cm³/mol. The van der Waals surface area contributed by atoms with E-state index in [0.717, 1.165) is 23.6 Å². The predicted octanol–water partition coefficient (Wildman–Crippen LogP) is 3.50. The minimum Gasteiger partial charge on any atom is -0.391 e. The van der Waals surface area contributed by atoms with Crippen LogP contribution in [0.3, 0.4) is 0 Å². The van der Waals surface area contributed by atoms with E-state index in [4.69, 9.17) is 0 Å². The van der Waals surface area contributed by atoms with Crippen molar-refractivity contribution in [1.29, 1.82) is 0 Å². The van der Waals surface area contributed by atoms with Gasteiger partial charge in [-0.25, -0.2) is 0 Å². The minimum absolute atomic E-state index is 0.258. The maximum atomic E-state index is 9.97. The van der Waals surface area contributed by atoms with Crippen LogP contribution in [0.25, 0.3) is 0 Å². The second-order valence-electron chi connectivity index (χ2n) is 3.89. The molecule has 104 valence electrons. The molecule has 2 nitrogen and oxygen atoms in total. The van der Waals surface area contributed by atoms with E-state index >= 15 is 0 Å². The lowest BCUT2D eigenvalue weighted by Crippen LogP contribution is -2.36. The molecule has 1 aliphatic rings. The van der Waals surface area contributed by atoms with Gasteiger partial charge in [0.25, 0.3) is 0 Å². The largest absolute Gasteiger partial charge is 0.391 e. The van der Waals surface area contributed by atoms with Crippen molar-refractivity contribution in [3.8, 4) is 0 Å². The highest BCUT2D eigenvalue weighted by Gasteiger charge is 2.22. The highest BCUT2D eigenvalue weighted by Crippen LogP contribution is 2.21. The maximum Gasteiger partial charge on any atom is 0.0786 e. The summed E-state index contributed by atoms with van der Waals surface area (Å²) in [6.07, 6.45) is 9.81. The van der Waals surface area contributed by atoms with Crippen molar-refractivity contribution >= 4 is 11.8 Å². The summed E-state index contributed by atoms with van der Waals surface area (Å²) in [6, 6.07) is 0.281. The molecule has 1 aliphatic heterocycles. The summed E-state index contributed by atoms with van der Waals surface area (Å²) in [5, 5.41) is 13.3. The van der Waals surface area contributed by atoms with Crippen molar-refractivity contribution in [2.75, 3.05) is 12.3 Å². The molecule has 1 heterocycles. The van der Waals surface area contributed by atoms with E-state index in [0.29, 0.717) is 0 Å². The molecule has 18 heavy (non-hydrogen) atoms. The zero-order chi connectivity index (χ0) is 13.8. The van der Waals surface area contributed by atoms with Crippen molar-refractivity contribution in [3.63, 3.8) is 0 Å².